The molecule has 0 aliphatic carbocycles. The first kappa shape index (κ1) is 7.29. The quantitative estimate of drug-likeness (QED) is 0.438. The van der Waals surface area contributed by atoms with E-state index in [-0.39, 0.29) is 5.03 Å². The second-order valence-corrected chi connectivity index (χ2v) is 1.90. The summed E-state index contributed by atoms with van der Waals surface area (Å²) in [6.07, 6.45) is 2.44. The number of nitro groups is 1. The fourth-order valence-corrected chi connectivity index (χ4v) is 0.348. The van der Waals surface area contributed by atoms with Crippen LogP contribution >= 0.6 is 11.8 Å². The predicted molar refractivity (Wildman–Crippen MR) is 32.8 cm³/mol. The van der Waals surface area contributed by atoms with Gasteiger partial charge >= 0.3 is 0 Å². The van der Waals surface area contributed by atoms with Gasteiger partial charge in [-0.05, 0) is 6.26 Å². The number of hydrogen-bond donors (Lipinski definition) is 1. The minimum Gasteiger partial charge on any atom is -0.388 e. The first-order chi connectivity index (χ1) is 3.66. The van der Waals surface area contributed by atoms with E-state index in [9.17, 15) is 10.1 Å². The summed E-state index contributed by atoms with van der Waals surface area (Å²) < 4.78 is 0. The van der Waals surface area contributed by atoms with Gasteiger partial charge in [0.05, 0.1) is 4.92 Å². The number of hydrogen-bond acceptors (Lipinski definition) is 4. The van der Waals surface area contributed by atoms with Crippen LogP contribution in [0.2, 0.25) is 0 Å². The molecular formula is C3H6N2O2S. The molecule has 0 radical (unpaired) electrons. The number of rotatable bonds is 2. The molecule has 2 N–H and O–H groups in total. The van der Waals surface area contributed by atoms with Gasteiger partial charge < -0.3 is 5.73 Å². The summed E-state index contributed by atoms with van der Waals surface area (Å²) in [7, 11) is 0. The van der Waals surface area contributed by atoms with Gasteiger partial charge in [0.1, 0.15) is 5.03 Å². The molecule has 0 atom stereocenters. The van der Waals surface area contributed by atoms with Gasteiger partial charge in [0.25, 0.3) is 6.20 Å². The molecule has 0 aromatic carbocycles. The largest absolute Gasteiger partial charge is 0.388 e. The van der Waals surface area contributed by atoms with Crippen LogP contribution in [0, 0.1) is 10.1 Å². The second-order valence-electron chi connectivity index (χ2n) is 1.02. The van der Waals surface area contributed by atoms with E-state index in [0.717, 1.165) is 18.0 Å². The van der Waals surface area contributed by atoms with E-state index in [1.54, 1.807) is 6.26 Å². The van der Waals surface area contributed by atoms with E-state index in [2.05, 4.69) is 0 Å². The Morgan fingerprint density at radius 2 is 2.50 bits per heavy atom. The molecule has 0 aliphatic heterocycles. The van der Waals surface area contributed by atoms with Crippen molar-refractivity contribution in [2.45, 2.75) is 0 Å². The van der Waals surface area contributed by atoms with Gasteiger partial charge in [-0.3, -0.25) is 10.1 Å². The molecule has 46 valence electrons. The van der Waals surface area contributed by atoms with E-state index in [0.29, 0.717) is 0 Å². The third kappa shape index (κ3) is 3.48. The van der Waals surface area contributed by atoms with Crippen LogP contribution in [0.4, 0.5) is 0 Å². The van der Waals surface area contributed by atoms with Crippen molar-refractivity contribution in [1.82, 2.24) is 0 Å². The third-order valence-corrected chi connectivity index (χ3v) is 1.05. The van der Waals surface area contributed by atoms with Crippen molar-refractivity contribution in [3.8, 4) is 0 Å². The van der Waals surface area contributed by atoms with E-state index in [4.69, 9.17) is 5.73 Å². The molecule has 0 fully saturated rings. The zero-order chi connectivity index (χ0) is 6.57. The normalized spacial score (nSPS) is 11.4. The highest BCUT2D eigenvalue weighted by Crippen LogP contribution is 2.01. The second kappa shape index (κ2) is 3.31. The van der Waals surface area contributed by atoms with Crippen LogP contribution in [0.25, 0.3) is 0 Å². The Morgan fingerprint density at radius 3 is 2.62 bits per heavy atom. The SMILES string of the molecule is CS/C(N)=C/[N+](=O)[O-]. The summed E-state index contributed by atoms with van der Waals surface area (Å²) in [5.41, 5.74) is 5.06. The Bertz CT molecular complexity index is 122. The molecule has 0 unspecified atom stereocenters. The van der Waals surface area contributed by atoms with Gasteiger partial charge in [-0.25, -0.2) is 0 Å². The molecular weight excluding hydrogens is 128 g/mol. The fraction of sp³-hybridized carbons (Fsp3) is 0.333. The van der Waals surface area contributed by atoms with Crippen molar-refractivity contribution in [2.75, 3.05) is 6.26 Å². The topological polar surface area (TPSA) is 69.2 Å². The number of thioether (sulfide) groups is 1. The molecule has 0 amide bonds. The van der Waals surface area contributed by atoms with Gasteiger partial charge in [0.15, 0.2) is 0 Å². The molecule has 0 saturated carbocycles. The molecule has 0 aromatic heterocycles. The van der Waals surface area contributed by atoms with Crippen molar-refractivity contribution in [1.29, 1.82) is 0 Å². The lowest BCUT2D eigenvalue weighted by atomic mass is 10.9. The molecule has 5 heteroatoms. The Balaban J connectivity index is 3.75. The minimum atomic E-state index is -0.578. The maximum absolute atomic E-state index is 9.60. The predicted octanol–water partition coefficient (Wildman–Crippen LogP) is 0.384. The van der Waals surface area contributed by atoms with Crippen molar-refractivity contribution >= 4 is 11.8 Å². The van der Waals surface area contributed by atoms with Crippen molar-refractivity contribution < 1.29 is 4.92 Å². The fourth-order valence-electron chi connectivity index (χ4n) is 0.157. The molecule has 8 heavy (non-hydrogen) atoms. The van der Waals surface area contributed by atoms with Gasteiger partial charge in [-0.1, -0.05) is 0 Å². The van der Waals surface area contributed by atoms with Crippen molar-refractivity contribution in [2.24, 2.45) is 5.73 Å². The summed E-state index contributed by atoms with van der Waals surface area (Å²) in [4.78, 5) is 9.03. The number of nitrogens with zero attached hydrogens (tertiary/aromatic N) is 1. The lowest BCUT2D eigenvalue weighted by molar-refractivity contribution is -0.402. The van der Waals surface area contributed by atoms with Crippen molar-refractivity contribution in [3.63, 3.8) is 0 Å². The maximum Gasteiger partial charge on any atom is 0.263 e. The zero-order valence-corrected chi connectivity index (χ0v) is 5.14. The Hall–Kier alpha value is -0.710. The third-order valence-electron chi connectivity index (χ3n) is 0.468. The first-order valence-corrected chi connectivity index (χ1v) is 3.04. The van der Waals surface area contributed by atoms with Gasteiger partial charge in [-0.15, -0.1) is 11.8 Å². The molecule has 0 aromatic rings. The monoisotopic (exact) mass is 134 g/mol. The summed E-state index contributed by atoms with van der Waals surface area (Å²) >= 11 is 1.15. The van der Waals surface area contributed by atoms with Crippen LogP contribution in [0.15, 0.2) is 11.2 Å². The molecule has 0 aliphatic rings. The molecule has 0 saturated heterocycles. The number of nitrogens with two attached hydrogens (primary N) is 1. The molecule has 0 rings (SSSR count). The first-order valence-electron chi connectivity index (χ1n) is 1.81. The highest BCUT2D eigenvalue weighted by molar-refractivity contribution is 8.02. The Labute approximate surface area is 50.9 Å². The minimum absolute atomic E-state index is 0.218. The molecule has 0 spiro atoms. The van der Waals surface area contributed by atoms with E-state index < -0.39 is 4.92 Å². The Kier molecular flexibility index (Phi) is 3.02. The van der Waals surface area contributed by atoms with Gasteiger partial charge in [0, 0.05) is 0 Å². The highest BCUT2D eigenvalue weighted by Gasteiger charge is 1.90. The summed E-state index contributed by atoms with van der Waals surface area (Å²) in [6.45, 7) is 0. The van der Waals surface area contributed by atoms with Gasteiger partial charge in [0.2, 0.25) is 0 Å². The molecule has 0 bridgehead atoms. The van der Waals surface area contributed by atoms with Crippen LogP contribution in [-0.2, 0) is 0 Å². The summed E-state index contributed by atoms with van der Waals surface area (Å²) in [6, 6.07) is 0. The van der Waals surface area contributed by atoms with Gasteiger partial charge in [-0.2, -0.15) is 0 Å². The van der Waals surface area contributed by atoms with Crippen molar-refractivity contribution in [3.05, 3.63) is 21.3 Å². The highest BCUT2D eigenvalue weighted by atomic mass is 32.2. The summed E-state index contributed by atoms with van der Waals surface area (Å²) in [5, 5.41) is 9.82. The average Bonchev–Trinajstić information content (AvgIpc) is 1.65. The lowest BCUT2D eigenvalue weighted by Crippen LogP contribution is -1.95. The smallest absolute Gasteiger partial charge is 0.263 e. The molecule has 0 heterocycles. The van der Waals surface area contributed by atoms with Crippen LogP contribution in [0.1, 0.15) is 0 Å². The Morgan fingerprint density at radius 1 is 2.00 bits per heavy atom. The molecule has 4 nitrogen and oxygen atoms in total. The van der Waals surface area contributed by atoms with E-state index >= 15 is 0 Å². The maximum atomic E-state index is 9.60. The van der Waals surface area contributed by atoms with Crippen LogP contribution < -0.4 is 5.73 Å². The van der Waals surface area contributed by atoms with Crippen LogP contribution in [-0.4, -0.2) is 11.2 Å². The van der Waals surface area contributed by atoms with E-state index in [1.807, 2.05) is 0 Å². The lowest BCUT2D eigenvalue weighted by Gasteiger charge is -1.85. The van der Waals surface area contributed by atoms with E-state index in [1.165, 1.54) is 0 Å². The average molecular weight is 134 g/mol. The van der Waals surface area contributed by atoms with Crippen LogP contribution in [0.3, 0.4) is 0 Å². The summed E-state index contributed by atoms with van der Waals surface area (Å²) in [5.74, 6) is 0. The van der Waals surface area contributed by atoms with Crippen LogP contribution in [0.5, 0.6) is 0 Å². The standard InChI is InChI=1S/C3H6N2O2S/c1-8-3(4)2-5(6)7/h2H,4H2,1H3/b3-2+. The zero-order valence-electron chi connectivity index (χ0n) is 4.33.